The summed E-state index contributed by atoms with van der Waals surface area (Å²) in [5.41, 5.74) is 6.79. The molecule has 1 aliphatic rings. The lowest BCUT2D eigenvalue weighted by Crippen LogP contribution is -2.39. The lowest BCUT2D eigenvalue weighted by atomic mass is 9.85. The van der Waals surface area contributed by atoms with Crippen molar-refractivity contribution in [3.8, 4) is 0 Å². The van der Waals surface area contributed by atoms with Crippen LogP contribution in [0.3, 0.4) is 0 Å². The monoisotopic (exact) mass is 246 g/mol. The summed E-state index contributed by atoms with van der Waals surface area (Å²) in [6.07, 6.45) is 3.83. The third-order valence-electron chi connectivity index (χ3n) is 3.87. The molecule has 1 fully saturated rings. The third kappa shape index (κ3) is 2.91. The zero-order valence-electron chi connectivity index (χ0n) is 11.0. The Hall–Kier alpha value is -1.35. The van der Waals surface area contributed by atoms with Crippen LogP contribution < -0.4 is 5.73 Å². The molecule has 18 heavy (non-hydrogen) atoms. The molecule has 0 radical (unpaired) electrons. The van der Waals surface area contributed by atoms with Crippen molar-refractivity contribution in [1.29, 1.82) is 0 Å². The van der Waals surface area contributed by atoms with Crippen molar-refractivity contribution in [3.63, 3.8) is 0 Å². The molecule has 0 heterocycles. The molecule has 0 aliphatic heterocycles. The Morgan fingerprint density at radius 3 is 2.56 bits per heavy atom. The fraction of sp³-hybridized carbons (Fsp3) is 0.533. The Labute approximate surface area is 109 Å². The Morgan fingerprint density at radius 2 is 2.06 bits per heavy atom. The molecule has 1 unspecified atom stereocenters. The standard InChI is InChI=1S/C15H22N2O/c1-17(11-12-6-5-7-12)15(18)14(10-16)13-8-3-2-4-9-13/h2-4,8-9,12,14H,5-7,10-11,16H2,1H3. The van der Waals surface area contributed by atoms with E-state index in [9.17, 15) is 4.79 Å². The molecule has 0 bridgehead atoms. The minimum Gasteiger partial charge on any atom is -0.345 e. The lowest BCUT2D eigenvalue weighted by molar-refractivity contribution is -0.132. The van der Waals surface area contributed by atoms with E-state index in [1.807, 2.05) is 42.3 Å². The van der Waals surface area contributed by atoms with Gasteiger partial charge in [0, 0.05) is 20.1 Å². The number of nitrogens with zero attached hydrogens (tertiary/aromatic N) is 1. The minimum absolute atomic E-state index is 0.149. The van der Waals surface area contributed by atoms with Gasteiger partial charge in [0.1, 0.15) is 0 Å². The molecule has 98 valence electrons. The van der Waals surface area contributed by atoms with Crippen LogP contribution >= 0.6 is 0 Å². The van der Waals surface area contributed by atoms with Gasteiger partial charge in [-0.05, 0) is 24.3 Å². The van der Waals surface area contributed by atoms with Gasteiger partial charge in [0.25, 0.3) is 0 Å². The summed E-state index contributed by atoms with van der Waals surface area (Å²) in [5, 5.41) is 0. The van der Waals surface area contributed by atoms with E-state index in [4.69, 9.17) is 5.73 Å². The first-order valence-electron chi connectivity index (χ1n) is 6.72. The fourth-order valence-electron chi connectivity index (χ4n) is 2.48. The van der Waals surface area contributed by atoms with Crippen LogP contribution in [0.5, 0.6) is 0 Å². The SMILES string of the molecule is CN(CC1CCC1)C(=O)C(CN)c1ccccc1. The molecule has 2 N–H and O–H groups in total. The molecule has 1 aliphatic carbocycles. The molecule has 3 heteroatoms. The Morgan fingerprint density at radius 1 is 1.39 bits per heavy atom. The van der Waals surface area contributed by atoms with Crippen LogP contribution in [0, 0.1) is 5.92 Å². The maximum atomic E-state index is 12.4. The molecule has 3 nitrogen and oxygen atoms in total. The van der Waals surface area contributed by atoms with Crippen molar-refractivity contribution in [2.24, 2.45) is 11.7 Å². The van der Waals surface area contributed by atoms with E-state index < -0.39 is 0 Å². The molecule has 1 amide bonds. The summed E-state index contributed by atoms with van der Waals surface area (Å²) in [4.78, 5) is 14.3. The predicted molar refractivity (Wildman–Crippen MR) is 73.2 cm³/mol. The summed E-state index contributed by atoms with van der Waals surface area (Å²) < 4.78 is 0. The topological polar surface area (TPSA) is 46.3 Å². The fourth-order valence-corrected chi connectivity index (χ4v) is 2.48. The van der Waals surface area contributed by atoms with E-state index in [-0.39, 0.29) is 11.8 Å². The number of rotatable bonds is 5. The van der Waals surface area contributed by atoms with Gasteiger partial charge in [-0.15, -0.1) is 0 Å². The van der Waals surface area contributed by atoms with Crippen molar-refractivity contribution in [3.05, 3.63) is 35.9 Å². The largest absolute Gasteiger partial charge is 0.345 e. The average molecular weight is 246 g/mol. The molecule has 1 saturated carbocycles. The maximum Gasteiger partial charge on any atom is 0.231 e. The van der Waals surface area contributed by atoms with Crippen molar-refractivity contribution >= 4 is 5.91 Å². The molecule has 1 aromatic carbocycles. The van der Waals surface area contributed by atoms with E-state index in [1.54, 1.807) is 0 Å². The summed E-state index contributed by atoms with van der Waals surface area (Å²) in [6, 6.07) is 9.83. The number of nitrogens with two attached hydrogens (primary N) is 1. The van der Waals surface area contributed by atoms with Gasteiger partial charge in [0.2, 0.25) is 5.91 Å². The Balaban J connectivity index is 2.00. The second-order valence-corrected chi connectivity index (χ2v) is 5.21. The van der Waals surface area contributed by atoms with Crippen molar-refractivity contribution in [2.75, 3.05) is 20.1 Å². The quantitative estimate of drug-likeness (QED) is 0.863. The first-order valence-corrected chi connectivity index (χ1v) is 6.72. The second kappa shape index (κ2) is 6.01. The van der Waals surface area contributed by atoms with Gasteiger partial charge in [-0.3, -0.25) is 4.79 Å². The number of benzene rings is 1. The van der Waals surface area contributed by atoms with Crippen LogP contribution in [-0.4, -0.2) is 30.9 Å². The first kappa shape index (κ1) is 13.1. The van der Waals surface area contributed by atoms with Crippen LogP contribution in [0.15, 0.2) is 30.3 Å². The van der Waals surface area contributed by atoms with Crippen molar-refractivity contribution in [2.45, 2.75) is 25.2 Å². The second-order valence-electron chi connectivity index (χ2n) is 5.21. The maximum absolute atomic E-state index is 12.4. The Bertz CT molecular complexity index is 387. The van der Waals surface area contributed by atoms with Crippen LogP contribution in [-0.2, 0) is 4.79 Å². The zero-order valence-corrected chi connectivity index (χ0v) is 11.0. The summed E-state index contributed by atoms with van der Waals surface area (Å²) in [6.45, 7) is 1.25. The summed E-state index contributed by atoms with van der Waals surface area (Å²) in [5.74, 6) is 0.653. The minimum atomic E-state index is -0.198. The highest BCUT2D eigenvalue weighted by Gasteiger charge is 2.26. The predicted octanol–water partition coefficient (Wildman–Crippen LogP) is 1.99. The van der Waals surface area contributed by atoms with Gasteiger partial charge in [0.05, 0.1) is 5.92 Å². The van der Waals surface area contributed by atoms with Crippen LogP contribution in [0.4, 0.5) is 0 Å². The molecule has 1 atom stereocenters. The van der Waals surface area contributed by atoms with Crippen LogP contribution in [0.25, 0.3) is 0 Å². The molecular formula is C15H22N2O. The number of amides is 1. The number of carbonyl (C=O) groups excluding carboxylic acids is 1. The number of hydrogen-bond acceptors (Lipinski definition) is 2. The molecule has 2 rings (SSSR count). The molecular weight excluding hydrogens is 224 g/mol. The smallest absolute Gasteiger partial charge is 0.231 e. The number of carbonyl (C=O) groups is 1. The van der Waals surface area contributed by atoms with Crippen LogP contribution in [0.2, 0.25) is 0 Å². The summed E-state index contributed by atoms with van der Waals surface area (Å²) in [7, 11) is 1.90. The third-order valence-corrected chi connectivity index (χ3v) is 3.87. The van der Waals surface area contributed by atoms with Crippen molar-refractivity contribution < 1.29 is 4.79 Å². The van der Waals surface area contributed by atoms with E-state index in [0.29, 0.717) is 12.5 Å². The summed E-state index contributed by atoms with van der Waals surface area (Å²) >= 11 is 0. The van der Waals surface area contributed by atoms with E-state index in [0.717, 1.165) is 12.1 Å². The van der Waals surface area contributed by atoms with Gasteiger partial charge in [0.15, 0.2) is 0 Å². The molecule has 0 aromatic heterocycles. The van der Waals surface area contributed by atoms with Gasteiger partial charge in [-0.2, -0.15) is 0 Å². The van der Waals surface area contributed by atoms with Crippen molar-refractivity contribution in [1.82, 2.24) is 4.90 Å². The number of likely N-dealkylation sites (N-methyl/N-ethyl adjacent to an activating group) is 1. The number of hydrogen-bond donors (Lipinski definition) is 1. The van der Waals surface area contributed by atoms with Gasteiger partial charge < -0.3 is 10.6 Å². The Kier molecular flexibility index (Phi) is 4.37. The highest BCUT2D eigenvalue weighted by Crippen LogP contribution is 2.27. The van der Waals surface area contributed by atoms with Crippen LogP contribution in [0.1, 0.15) is 30.7 Å². The van der Waals surface area contributed by atoms with Gasteiger partial charge >= 0.3 is 0 Å². The first-order chi connectivity index (χ1) is 8.72. The van der Waals surface area contributed by atoms with Gasteiger partial charge in [-0.25, -0.2) is 0 Å². The normalized spacial score (nSPS) is 17.0. The molecule has 0 spiro atoms. The highest BCUT2D eigenvalue weighted by molar-refractivity contribution is 5.83. The zero-order chi connectivity index (χ0) is 13.0. The molecule has 0 saturated heterocycles. The lowest BCUT2D eigenvalue weighted by Gasteiger charge is -2.32. The van der Waals surface area contributed by atoms with E-state index in [1.165, 1.54) is 19.3 Å². The molecule has 1 aromatic rings. The highest BCUT2D eigenvalue weighted by atomic mass is 16.2. The van der Waals surface area contributed by atoms with E-state index in [2.05, 4.69) is 0 Å². The average Bonchev–Trinajstić information content (AvgIpc) is 2.35. The van der Waals surface area contributed by atoms with Gasteiger partial charge in [-0.1, -0.05) is 36.8 Å². The van der Waals surface area contributed by atoms with E-state index >= 15 is 0 Å².